The lowest BCUT2D eigenvalue weighted by atomic mass is 9.96. The minimum atomic E-state index is -1.03. The number of aliphatic hydroxyl groups is 1. The molecule has 1 heterocycles. The Kier molecular flexibility index (Phi) is 7.31. The highest BCUT2D eigenvalue weighted by molar-refractivity contribution is 5.85. The van der Waals surface area contributed by atoms with Gasteiger partial charge in [-0.05, 0) is 12.8 Å². The van der Waals surface area contributed by atoms with E-state index in [4.69, 9.17) is 19.3 Å². The monoisotopic (exact) mass is 302 g/mol. The van der Waals surface area contributed by atoms with Crippen LogP contribution in [0.4, 0.5) is 0 Å². The molecule has 6 nitrogen and oxygen atoms in total. The number of aliphatic carboxylic acids is 1. The summed E-state index contributed by atoms with van der Waals surface area (Å²) in [5, 5.41) is 18.4. The Morgan fingerprint density at radius 1 is 1.43 bits per heavy atom. The first kappa shape index (κ1) is 18.1. The van der Waals surface area contributed by atoms with Crippen molar-refractivity contribution in [3.05, 3.63) is 12.2 Å². The molecule has 0 amide bonds. The highest BCUT2D eigenvalue weighted by atomic mass is 16.6. The van der Waals surface area contributed by atoms with Gasteiger partial charge in [-0.1, -0.05) is 20.4 Å². The van der Waals surface area contributed by atoms with Crippen molar-refractivity contribution in [1.29, 1.82) is 0 Å². The molecular weight excluding hydrogens is 276 g/mol. The molecule has 0 aromatic carbocycles. The summed E-state index contributed by atoms with van der Waals surface area (Å²) in [5.41, 5.74) is -0.0377. The molecular formula is C15H26O6. The number of hydrogen-bond acceptors (Lipinski definition) is 5. The van der Waals surface area contributed by atoms with Crippen LogP contribution >= 0.6 is 0 Å². The second kappa shape index (κ2) is 8.48. The van der Waals surface area contributed by atoms with Crippen molar-refractivity contribution < 1.29 is 29.2 Å². The summed E-state index contributed by atoms with van der Waals surface area (Å²) >= 11 is 0. The molecule has 2 unspecified atom stereocenters. The second-order valence-electron chi connectivity index (χ2n) is 6.25. The van der Waals surface area contributed by atoms with Crippen LogP contribution in [-0.4, -0.2) is 61.4 Å². The molecule has 1 fully saturated rings. The number of rotatable bonds is 12. The zero-order valence-corrected chi connectivity index (χ0v) is 12.8. The Morgan fingerprint density at radius 2 is 2.05 bits per heavy atom. The standard InChI is InChI=1S/C15H26O6/c1-11(14(17)18)4-5-12(16)6-19-9-15(2,3)10-20-7-13-8-21-13/h12-13,16H,1,4-10H2,2-3H3,(H,17,18). The van der Waals surface area contributed by atoms with E-state index >= 15 is 0 Å². The number of epoxide rings is 1. The first-order valence-electron chi connectivity index (χ1n) is 7.16. The molecule has 1 aliphatic rings. The van der Waals surface area contributed by atoms with Crippen molar-refractivity contribution in [3.63, 3.8) is 0 Å². The molecule has 6 heteroatoms. The largest absolute Gasteiger partial charge is 0.478 e. The highest BCUT2D eigenvalue weighted by Crippen LogP contribution is 2.18. The van der Waals surface area contributed by atoms with E-state index in [2.05, 4.69) is 6.58 Å². The highest BCUT2D eigenvalue weighted by Gasteiger charge is 2.25. The van der Waals surface area contributed by atoms with Gasteiger partial charge >= 0.3 is 5.97 Å². The molecule has 1 saturated heterocycles. The third-order valence-electron chi connectivity index (χ3n) is 3.08. The molecule has 0 radical (unpaired) electrons. The molecule has 0 aliphatic carbocycles. The van der Waals surface area contributed by atoms with E-state index < -0.39 is 12.1 Å². The van der Waals surface area contributed by atoms with Gasteiger partial charge in [-0.25, -0.2) is 4.79 Å². The Labute approximate surface area is 125 Å². The van der Waals surface area contributed by atoms with Gasteiger partial charge in [0.1, 0.15) is 6.10 Å². The molecule has 0 aromatic heterocycles. The number of hydrogen-bond donors (Lipinski definition) is 2. The van der Waals surface area contributed by atoms with Gasteiger partial charge in [0, 0.05) is 11.0 Å². The minimum absolute atomic E-state index is 0.102. The Bertz CT molecular complexity index is 348. The zero-order valence-electron chi connectivity index (χ0n) is 12.8. The summed E-state index contributed by atoms with van der Waals surface area (Å²) in [7, 11) is 0. The van der Waals surface area contributed by atoms with Crippen LogP contribution < -0.4 is 0 Å². The smallest absolute Gasteiger partial charge is 0.330 e. The Balaban J connectivity index is 2.06. The van der Waals surface area contributed by atoms with Gasteiger partial charge in [-0.15, -0.1) is 0 Å². The number of aliphatic hydroxyl groups excluding tert-OH is 1. The maximum Gasteiger partial charge on any atom is 0.330 e. The molecule has 0 aromatic rings. The number of carbonyl (C=O) groups is 1. The van der Waals surface area contributed by atoms with Crippen molar-refractivity contribution in [2.75, 3.05) is 33.0 Å². The molecule has 21 heavy (non-hydrogen) atoms. The molecule has 0 bridgehead atoms. The third-order valence-corrected chi connectivity index (χ3v) is 3.08. The molecule has 1 aliphatic heterocycles. The molecule has 0 saturated carbocycles. The number of carboxylic acid groups (broad SMARTS) is 1. The maximum atomic E-state index is 10.6. The van der Waals surface area contributed by atoms with Crippen LogP contribution in [0.2, 0.25) is 0 Å². The fourth-order valence-electron chi connectivity index (χ4n) is 1.67. The lowest BCUT2D eigenvalue weighted by Gasteiger charge is -2.24. The van der Waals surface area contributed by atoms with Crippen LogP contribution in [0.25, 0.3) is 0 Å². The number of ether oxygens (including phenoxy) is 3. The third kappa shape index (κ3) is 8.83. The predicted octanol–water partition coefficient (Wildman–Crippen LogP) is 1.23. The van der Waals surface area contributed by atoms with E-state index in [1.807, 2.05) is 13.8 Å². The predicted molar refractivity (Wildman–Crippen MR) is 77.2 cm³/mol. The van der Waals surface area contributed by atoms with Crippen LogP contribution in [0.15, 0.2) is 12.2 Å². The second-order valence-corrected chi connectivity index (χ2v) is 6.25. The van der Waals surface area contributed by atoms with E-state index in [9.17, 15) is 9.90 Å². The molecule has 2 atom stereocenters. The van der Waals surface area contributed by atoms with Crippen molar-refractivity contribution in [2.24, 2.45) is 5.41 Å². The normalized spacial score (nSPS) is 19.3. The van der Waals surface area contributed by atoms with Gasteiger partial charge in [0.2, 0.25) is 0 Å². The molecule has 0 spiro atoms. The Morgan fingerprint density at radius 3 is 2.62 bits per heavy atom. The summed E-state index contributed by atoms with van der Waals surface area (Å²) in [6.45, 7) is 10.1. The SMILES string of the molecule is C=C(CCC(O)COCC(C)(C)COCC1CO1)C(=O)O. The van der Waals surface area contributed by atoms with Crippen molar-refractivity contribution in [3.8, 4) is 0 Å². The first-order valence-corrected chi connectivity index (χ1v) is 7.16. The van der Waals surface area contributed by atoms with Gasteiger partial charge in [0.15, 0.2) is 0 Å². The van der Waals surface area contributed by atoms with Gasteiger partial charge < -0.3 is 24.4 Å². The lowest BCUT2D eigenvalue weighted by Crippen LogP contribution is -2.28. The van der Waals surface area contributed by atoms with E-state index in [0.29, 0.717) is 26.2 Å². The summed E-state index contributed by atoms with van der Waals surface area (Å²) in [4.78, 5) is 10.6. The topological polar surface area (TPSA) is 88.5 Å². The minimum Gasteiger partial charge on any atom is -0.478 e. The van der Waals surface area contributed by atoms with E-state index in [0.717, 1.165) is 6.61 Å². The van der Waals surface area contributed by atoms with E-state index in [1.54, 1.807) is 0 Å². The lowest BCUT2D eigenvalue weighted by molar-refractivity contribution is -0.132. The summed E-state index contributed by atoms with van der Waals surface area (Å²) in [5.74, 6) is -1.03. The van der Waals surface area contributed by atoms with E-state index in [-0.39, 0.29) is 30.1 Å². The van der Waals surface area contributed by atoms with Crippen LogP contribution in [0.3, 0.4) is 0 Å². The summed E-state index contributed by atoms with van der Waals surface area (Å²) in [6, 6.07) is 0. The summed E-state index contributed by atoms with van der Waals surface area (Å²) in [6.07, 6.45) is 0.165. The zero-order chi connectivity index (χ0) is 15.9. The molecule has 122 valence electrons. The number of carboxylic acids is 1. The van der Waals surface area contributed by atoms with E-state index in [1.165, 1.54) is 0 Å². The molecule has 2 N–H and O–H groups in total. The van der Waals surface area contributed by atoms with Gasteiger partial charge in [0.05, 0.1) is 39.1 Å². The maximum absolute atomic E-state index is 10.6. The van der Waals surface area contributed by atoms with Gasteiger partial charge in [-0.3, -0.25) is 0 Å². The molecule has 1 rings (SSSR count). The van der Waals surface area contributed by atoms with Gasteiger partial charge in [0.25, 0.3) is 0 Å². The summed E-state index contributed by atoms with van der Waals surface area (Å²) < 4.78 is 16.1. The van der Waals surface area contributed by atoms with Crippen molar-refractivity contribution in [2.45, 2.75) is 38.9 Å². The fraction of sp³-hybridized carbons (Fsp3) is 0.800. The van der Waals surface area contributed by atoms with Gasteiger partial charge in [-0.2, -0.15) is 0 Å². The van der Waals surface area contributed by atoms with Crippen LogP contribution in [0.1, 0.15) is 26.7 Å². The van der Waals surface area contributed by atoms with Crippen LogP contribution in [-0.2, 0) is 19.0 Å². The quantitative estimate of drug-likeness (QED) is 0.416. The average molecular weight is 302 g/mol. The van der Waals surface area contributed by atoms with Crippen LogP contribution in [0, 0.1) is 5.41 Å². The first-order chi connectivity index (χ1) is 9.80. The fourth-order valence-corrected chi connectivity index (χ4v) is 1.67. The van der Waals surface area contributed by atoms with Crippen molar-refractivity contribution in [1.82, 2.24) is 0 Å². The van der Waals surface area contributed by atoms with Crippen molar-refractivity contribution >= 4 is 5.97 Å². The van der Waals surface area contributed by atoms with Crippen LogP contribution in [0.5, 0.6) is 0 Å². The average Bonchev–Trinajstić information content (AvgIpc) is 3.19. The Hall–Kier alpha value is -0.950.